The Morgan fingerprint density at radius 1 is 1.13 bits per heavy atom. The number of carboxylic acids is 1. The first-order valence-electron chi connectivity index (χ1n) is 12.0. The molecule has 3 heterocycles. The molecule has 1 aliphatic heterocycles. The quantitative estimate of drug-likeness (QED) is 0.288. The number of rotatable bonds is 8. The summed E-state index contributed by atoms with van der Waals surface area (Å²) >= 11 is 1.38. The zero-order valence-electron chi connectivity index (χ0n) is 20.9. The van der Waals surface area contributed by atoms with Crippen LogP contribution < -0.4 is 20.1 Å². The van der Waals surface area contributed by atoms with E-state index in [9.17, 15) is 9.59 Å². The van der Waals surface area contributed by atoms with Crippen molar-refractivity contribution in [3.8, 4) is 28.5 Å². The fourth-order valence-electron chi connectivity index (χ4n) is 4.58. The minimum Gasteiger partial charge on any atom is -0.493 e. The van der Waals surface area contributed by atoms with Crippen molar-refractivity contribution < 1.29 is 24.2 Å². The molecule has 4 aromatic rings. The zero-order chi connectivity index (χ0) is 26.7. The van der Waals surface area contributed by atoms with Crippen LogP contribution in [0.15, 0.2) is 66.3 Å². The maximum atomic E-state index is 12.8. The van der Waals surface area contributed by atoms with Crippen molar-refractivity contribution >= 4 is 28.3 Å². The van der Waals surface area contributed by atoms with Crippen LogP contribution in [0.2, 0.25) is 0 Å². The third kappa shape index (κ3) is 5.36. The van der Waals surface area contributed by atoms with Crippen molar-refractivity contribution in [1.29, 1.82) is 0 Å². The lowest BCUT2D eigenvalue weighted by molar-refractivity contribution is -0.117. The number of nitrogens with zero attached hydrogens (tertiary/aromatic N) is 2. The number of methoxy groups -OCH3 is 1. The Morgan fingerprint density at radius 3 is 2.61 bits per heavy atom. The Labute approximate surface area is 223 Å². The van der Waals surface area contributed by atoms with E-state index in [1.54, 1.807) is 49.8 Å². The number of carbonyl (C=O) groups excluding carboxylic acids is 1. The van der Waals surface area contributed by atoms with E-state index in [0.717, 1.165) is 29.7 Å². The van der Waals surface area contributed by atoms with Crippen molar-refractivity contribution in [2.24, 2.45) is 0 Å². The first-order valence-corrected chi connectivity index (χ1v) is 12.9. The Morgan fingerprint density at radius 2 is 1.95 bits per heavy atom. The molecule has 194 valence electrons. The van der Waals surface area contributed by atoms with Crippen molar-refractivity contribution in [1.82, 2.24) is 15.3 Å². The first-order chi connectivity index (χ1) is 18.3. The topological polar surface area (TPSA) is 123 Å². The highest BCUT2D eigenvalue weighted by Crippen LogP contribution is 2.41. The molecule has 1 atom stereocenters. The number of nitrogens with one attached hydrogen (secondary N) is 2. The molecule has 0 bridgehead atoms. The lowest BCUT2D eigenvalue weighted by atomic mass is 9.81. The predicted molar refractivity (Wildman–Crippen MR) is 144 cm³/mol. The van der Waals surface area contributed by atoms with E-state index in [2.05, 4.69) is 20.6 Å². The molecule has 2 aromatic heterocycles. The molecule has 5 rings (SSSR count). The Kier molecular flexibility index (Phi) is 7.08. The van der Waals surface area contributed by atoms with Crippen LogP contribution in [0.4, 0.5) is 5.13 Å². The number of ether oxygens (including phenoxy) is 2. The summed E-state index contributed by atoms with van der Waals surface area (Å²) in [6, 6.07) is 14.0. The van der Waals surface area contributed by atoms with Gasteiger partial charge in [0.1, 0.15) is 5.75 Å². The summed E-state index contributed by atoms with van der Waals surface area (Å²) in [6.07, 6.45) is 4.29. The summed E-state index contributed by atoms with van der Waals surface area (Å²) in [5.41, 5.74) is 3.16. The summed E-state index contributed by atoms with van der Waals surface area (Å²) in [7, 11) is 1.60. The van der Waals surface area contributed by atoms with Crippen LogP contribution in [0, 0.1) is 0 Å². The van der Waals surface area contributed by atoms with Crippen LogP contribution in [0.25, 0.3) is 11.3 Å². The van der Waals surface area contributed by atoms with E-state index < -0.39 is 11.5 Å². The van der Waals surface area contributed by atoms with Crippen LogP contribution in [0.5, 0.6) is 17.2 Å². The molecule has 0 unspecified atom stereocenters. The molecule has 10 heteroatoms. The number of amides is 1. The summed E-state index contributed by atoms with van der Waals surface area (Å²) in [4.78, 5) is 32.5. The maximum Gasteiger partial charge on any atom is 0.335 e. The number of carboxylic acid groups (broad SMARTS) is 1. The van der Waals surface area contributed by atoms with E-state index in [0.29, 0.717) is 28.1 Å². The van der Waals surface area contributed by atoms with Crippen molar-refractivity contribution in [2.45, 2.75) is 25.3 Å². The minimum atomic E-state index is -0.973. The molecule has 0 radical (unpaired) electrons. The number of aromatic nitrogens is 2. The lowest BCUT2D eigenvalue weighted by Crippen LogP contribution is -2.47. The predicted octanol–water partition coefficient (Wildman–Crippen LogP) is 5.09. The van der Waals surface area contributed by atoms with Gasteiger partial charge in [-0.15, -0.1) is 11.3 Å². The average Bonchev–Trinajstić information content (AvgIpc) is 3.42. The standard InChI is InChI=1S/C28H26N4O5S/c1-28(15-25(33)32-27-29-11-12-38-27)21-14-24(23(36-2)13-19(21)9-10-31-28)37-20-7-8-22(30-16-20)17-3-5-18(6-4-17)26(34)35/h3-8,11-14,16,31H,9-10,15H2,1-2H3,(H,34,35)(H,29,32,33)/t28-/m1/s1. The normalized spacial score (nSPS) is 16.4. The fourth-order valence-corrected chi connectivity index (χ4v) is 5.12. The van der Waals surface area contributed by atoms with Gasteiger partial charge in [-0.2, -0.15) is 0 Å². The van der Waals surface area contributed by atoms with Gasteiger partial charge >= 0.3 is 5.97 Å². The number of aromatic carboxylic acids is 1. The van der Waals surface area contributed by atoms with Crippen molar-refractivity contribution in [2.75, 3.05) is 19.0 Å². The number of hydrogen-bond donors (Lipinski definition) is 3. The number of anilines is 1. The van der Waals surface area contributed by atoms with Gasteiger partial charge in [0.25, 0.3) is 0 Å². The van der Waals surface area contributed by atoms with E-state index in [4.69, 9.17) is 14.6 Å². The molecule has 0 spiro atoms. The molecular formula is C28H26N4O5S. The number of thiazole rings is 1. The van der Waals surface area contributed by atoms with Crippen LogP contribution in [-0.2, 0) is 16.8 Å². The lowest BCUT2D eigenvalue weighted by Gasteiger charge is -2.37. The summed E-state index contributed by atoms with van der Waals surface area (Å²) in [5, 5.41) is 17.9. The highest BCUT2D eigenvalue weighted by Gasteiger charge is 2.35. The Hall–Kier alpha value is -4.28. The Balaban J connectivity index is 1.38. The van der Waals surface area contributed by atoms with Gasteiger partial charge in [0.2, 0.25) is 5.91 Å². The fraction of sp³-hybridized carbons (Fsp3) is 0.214. The molecule has 2 aromatic carbocycles. The van der Waals surface area contributed by atoms with Gasteiger partial charge in [0, 0.05) is 35.6 Å². The van der Waals surface area contributed by atoms with Gasteiger partial charge in [-0.1, -0.05) is 12.1 Å². The molecule has 0 fully saturated rings. The van der Waals surface area contributed by atoms with E-state index >= 15 is 0 Å². The van der Waals surface area contributed by atoms with Gasteiger partial charge in [-0.25, -0.2) is 9.78 Å². The molecule has 3 N–H and O–H groups in total. The highest BCUT2D eigenvalue weighted by atomic mass is 32.1. The molecule has 9 nitrogen and oxygen atoms in total. The number of benzene rings is 2. The smallest absolute Gasteiger partial charge is 0.335 e. The van der Waals surface area contributed by atoms with E-state index in [1.165, 1.54) is 11.3 Å². The maximum absolute atomic E-state index is 12.8. The van der Waals surface area contributed by atoms with Gasteiger partial charge in [-0.3, -0.25) is 9.78 Å². The summed E-state index contributed by atoms with van der Waals surface area (Å²) < 4.78 is 11.8. The SMILES string of the molecule is COc1cc2c(cc1Oc1ccc(-c3ccc(C(=O)O)cc3)nc1)[C@@](C)(CC(=O)Nc1nccs1)NCC2. The highest BCUT2D eigenvalue weighted by molar-refractivity contribution is 7.13. The third-order valence-corrected chi connectivity index (χ3v) is 7.17. The number of hydrogen-bond acceptors (Lipinski definition) is 8. The van der Waals surface area contributed by atoms with E-state index in [-0.39, 0.29) is 17.9 Å². The monoisotopic (exact) mass is 530 g/mol. The second kappa shape index (κ2) is 10.6. The van der Waals surface area contributed by atoms with Crippen molar-refractivity contribution in [3.63, 3.8) is 0 Å². The minimum absolute atomic E-state index is 0.128. The molecule has 0 saturated carbocycles. The van der Waals surface area contributed by atoms with Crippen molar-refractivity contribution in [3.05, 3.63) is 83.0 Å². The molecule has 0 saturated heterocycles. The molecule has 0 aliphatic carbocycles. The van der Waals surface area contributed by atoms with Crippen LogP contribution in [0.1, 0.15) is 34.8 Å². The molecule has 38 heavy (non-hydrogen) atoms. The summed E-state index contributed by atoms with van der Waals surface area (Å²) in [6.45, 7) is 2.74. The second-order valence-corrected chi connectivity index (χ2v) is 9.99. The van der Waals surface area contributed by atoms with Crippen LogP contribution in [-0.4, -0.2) is 40.6 Å². The average molecular weight is 531 g/mol. The van der Waals surface area contributed by atoms with Gasteiger partial charge in [-0.05, 0) is 60.9 Å². The molecular weight excluding hydrogens is 504 g/mol. The number of carbonyl (C=O) groups is 2. The van der Waals surface area contributed by atoms with Gasteiger partial charge in [0.15, 0.2) is 16.6 Å². The largest absolute Gasteiger partial charge is 0.493 e. The number of pyridine rings is 1. The van der Waals surface area contributed by atoms with Gasteiger partial charge < -0.3 is 25.2 Å². The summed E-state index contributed by atoms with van der Waals surface area (Å²) in [5.74, 6) is 0.521. The third-order valence-electron chi connectivity index (χ3n) is 6.48. The molecule has 1 amide bonds. The Bertz CT molecular complexity index is 1460. The second-order valence-electron chi connectivity index (χ2n) is 9.10. The first kappa shape index (κ1) is 25.4. The van der Waals surface area contributed by atoms with Gasteiger partial charge in [0.05, 0.1) is 24.6 Å². The zero-order valence-corrected chi connectivity index (χ0v) is 21.7. The van der Waals surface area contributed by atoms with E-state index in [1.807, 2.05) is 30.5 Å². The number of fused-ring (bicyclic) bond motifs is 1. The van der Waals surface area contributed by atoms with Crippen LogP contribution in [0.3, 0.4) is 0 Å². The molecule has 1 aliphatic rings. The van der Waals surface area contributed by atoms with Crippen LogP contribution >= 0.6 is 11.3 Å².